The van der Waals surface area contributed by atoms with E-state index in [9.17, 15) is 13.9 Å². The Hall–Kier alpha value is -0.710. The molecule has 0 radical (unpaired) electrons. The van der Waals surface area contributed by atoms with Crippen molar-refractivity contribution >= 4 is 11.6 Å². The summed E-state index contributed by atoms with van der Waals surface area (Å²) in [6.07, 6.45) is 0. The van der Waals surface area contributed by atoms with Crippen LogP contribution >= 0.6 is 11.6 Å². The second-order valence-electron chi connectivity index (χ2n) is 3.46. The summed E-state index contributed by atoms with van der Waals surface area (Å²) >= 11 is 5.74. The summed E-state index contributed by atoms with van der Waals surface area (Å²) < 4.78 is 26.7. The summed E-state index contributed by atoms with van der Waals surface area (Å²) in [7, 11) is 0. The highest BCUT2D eigenvalue weighted by Crippen LogP contribution is 2.39. The van der Waals surface area contributed by atoms with E-state index in [2.05, 4.69) is 0 Å². The smallest absolute Gasteiger partial charge is 0.291 e. The summed E-state index contributed by atoms with van der Waals surface area (Å²) in [6, 6.07) is 5.93. The van der Waals surface area contributed by atoms with Gasteiger partial charge >= 0.3 is 0 Å². The Morgan fingerprint density at radius 3 is 2.40 bits per heavy atom. The summed E-state index contributed by atoms with van der Waals surface area (Å²) in [4.78, 5) is 0. The molecule has 0 bridgehead atoms. The number of rotatable bonds is 3. The van der Waals surface area contributed by atoms with Crippen molar-refractivity contribution in [3.63, 3.8) is 0 Å². The second kappa shape index (κ2) is 4.04. The van der Waals surface area contributed by atoms with E-state index in [0.717, 1.165) is 6.92 Å². The van der Waals surface area contributed by atoms with Crippen molar-refractivity contribution in [3.05, 3.63) is 34.9 Å². The lowest BCUT2D eigenvalue weighted by molar-refractivity contribution is -0.170. The van der Waals surface area contributed by atoms with Crippen molar-refractivity contribution in [2.75, 3.05) is 6.54 Å². The zero-order valence-corrected chi connectivity index (χ0v) is 8.93. The van der Waals surface area contributed by atoms with Gasteiger partial charge in [0.15, 0.2) is 5.60 Å². The fourth-order valence-electron chi connectivity index (χ4n) is 1.25. The van der Waals surface area contributed by atoms with Gasteiger partial charge in [-0.05, 0) is 13.0 Å². The fraction of sp³-hybridized carbons (Fsp3) is 0.400. The molecule has 0 aliphatic carbocycles. The maximum absolute atomic E-state index is 13.4. The molecule has 0 heterocycles. The van der Waals surface area contributed by atoms with Gasteiger partial charge < -0.3 is 10.8 Å². The van der Waals surface area contributed by atoms with Crippen LogP contribution in [0.4, 0.5) is 8.78 Å². The van der Waals surface area contributed by atoms with Gasteiger partial charge in [0.2, 0.25) is 0 Å². The van der Waals surface area contributed by atoms with E-state index in [0.29, 0.717) is 0 Å². The third kappa shape index (κ3) is 2.12. The van der Waals surface area contributed by atoms with Crippen LogP contribution in [0.2, 0.25) is 5.02 Å². The normalized spacial score (nSPS) is 16.1. The Kier molecular flexibility index (Phi) is 3.33. The number of alkyl halides is 2. The highest BCUT2D eigenvalue weighted by molar-refractivity contribution is 6.31. The average molecular weight is 236 g/mol. The average Bonchev–Trinajstić information content (AvgIpc) is 2.18. The molecule has 5 heteroatoms. The molecule has 1 aromatic rings. The topological polar surface area (TPSA) is 46.2 Å². The number of benzene rings is 1. The standard InChI is InChI=1S/C10H12ClF2NO/c1-9(15,10(12,13)6-14)7-4-2-3-5-8(7)11/h2-5,15H,6,14H2,1H3. The number of hydrogen-bond donors (Lipinski definition) is 2. The molecule has 1 unspecified atom stereocenters. The summed E-state index contributed by atoms with van der Waals surface area (Å²) in [6.45, 7) is 0.0618. The van der Waals surface area contributed by atoms with Crippen LogP contribution in [0.15, 0.2) is 24.3 Å². The van der Waals surface area contributed by atoms with E-state index >= 15 is 0 Å². The maximum Gasteiger partial charge on any atom is 0.291 e. The molecule has 0 amide bonds. The molecule has 1 rings (SSSR count). The Bertz CT molecular complexity index is 355. The molecule has 0 saturated heterocycles. The predicted octanol–water partition coefficient (Wildman–Crippen LogP) is 2.14. The van der Waals surface area contributed by atoms with Gasteiger partial charge in [0.25, 0.3) is 5.92 Å². The van der Waals surface area contributed by atoms with Gasteiger partial charge in [-0.25, -0.2) is 8.78 Å². The van der Waals surface area contributed by atoms with Crippen LogP contribution < -0.4 is 5.73 Å². The molecule has 3 N–H and O–H groups in total. The van der Waals surface area contributed by atoms with E-state index in [-0.39, 0.29) is 10.6 Å². The number of aliphatic hydroxyl groups is 1. The first-order chi connectivity index (χ1) is 6.83. The van der Waals surface area contributed by atoms with E-state index < -0.39 is 18.1 Å². The molecule has 1 atom stereocenters. The monoisotopic (exact) mass is 235 g/mol. The van der Waals surface area contributed by atoms with Crippen LogP contribution in [-0.4, -0.2) is 17.6 Å². The molecule has 0 spiro atoms. The fourth-order valence-corrected chi connectivity index (χ4v) is 1.57. The molecular weight excluding hydrogens is 224 g/mol. The van der Waals surface area contributed by atoms with E-state index in [4.69, 9.17) is 17.3 Å². The van der Waals surface area contributed by atoms with Crippen molar-refractivity contribution in [1.29, 1.82) is 0 Å². The minimum absolute atomic E-state index is 0.0258. The SMILES string of the molecule is CC(O)(c1ccccc1Cl)C(F)(F)CN. The minimum Gasteiger partial charge on any atom is -0.379 e. The first kappa shape index (κ1) is 12.4. The third-order valence-corrected chi connectivity index (χ3v) is 2.70. The largest absolute Gasteiger partial charge is 0.379 e. The van der Waals surface area contributed by atoms with Gasteiger partial charge in [0.05, 0.1) is 6.54 Å². The minimum atomic E-state index is -3.42. The van der Waals surface area contributed by atoms with Crippen molar-refractivity contribution in [2.24, 2.45) is 5.73 Å². The van der Waals surface area contributed by atoms with Crippen molar-refractivity contribution < 1.29 is 13.9 Å². The van der Waals surface area contributed by atoms with Crippen molar-refractivity contribution in [1.82, 2.24) is 0 Å². The van der Waals surface area contributed by atoms with Crippen molar-refractivity contribution in [3.8, 4) is 0 Å². The molecule has 0 aromatic heterocycles. The van der Waals surface area contributed by atoms with E-state index in [1.165, 1.54) is 18.2 Å². The zero-order valence-electron chi connectivity index (χ0n) is 8.17. The molecule has 1 aromatic carbocycles. The summed E-state index contributed by atoms with van der Waals surface area (Å²) in [5.41, 5.74) is 2.54. The van der Waals surface area contributed by atoms with E-state index in [1.54, 1.807) is 6.07 Å². The van der Waals surface area contributed by atoms with Crippen LogP contribution in [-0.2, 0) is 5.60 Å². The van der Waals surface area contributed by atoms with Crippen LogP contribution in [0.25, 0.3) is 0 Å². The Labute approximate surface area is 91.7 Å². The molecule has 84 valence electrons. The zero-order chi connectivity index (χ0) is 11.7. The molecule has 0 saturated carbocycles. The Morgan fingerprint density at radius 2 is 1.93 bits per heavy atom. The van der Waals surface area contributed by atoms with Crippen LogP contribution in [0.5, 0.6) is 0 Å². The van der Waals surface area contributed by atoms with Gasteiger partial charge in [-0.3, -0.25) is 0 Å². The van der Waals surface area contributed by atoms with E-state index in [1.807, 2.05) is 0 Å². The number of nitrogens with two attached hydrogens (primary N) is 1. The van der Waals surface area contributed by atoms with Gasteiger partial charge in [-0.15, -0.1) is 0 Å². The van der Waals surface area contributed by atoms with Gasteiger partial charge in [0, 0.05) is 10.6 Å². The first-order valence-corrected chi connectivity index (χ1v) is 4.76. The lowest BCUT2D eigenvalue weighted by atomic mass is 9.89. The lowest BCUT2D eigenvalue weighted by Gasteiger charge is -2.32. The Balaban J connectivity index is 3.22. The second-order valence-corrected chi connectivity index (χ2v) is 3.87. The van der Waals surface area contributed by atoms with Crippen LogP contribution in [0.1, 0.15) is 12.5 Å². The molecular formula is C10H12ClF2NO. The highest BCUT2D eigenvalue weighted by Gasteiger charge is 2.49. The van der Waals surface area contributed by atoms with Crippen LogP contribution in [0, 0.1) is 0 Å². The summed E-state index contributed by atoms with van der Waals surface area (Å²) in [5, 5.41) is 9.87. The molecule has 0 fully saturated rings. The Morgan fingerprint density at radius 1 is 1.40 bits per heavy atom. The molecule has 0 aliphatic rings. The summed E-state index contributed by atoms with van der Waals surface area (Å²) in [5.74, 6) is -3.42. The lowest BCUT2D eigenvalue weighted by Crippen LogP contribution is -2.48. The highest BCUT2D eigenvalue weighted by atomic mass is 35.5. The number of halogens is 3. The third-order valence-electron chi connectivity index (χ3n) is 2.37. The van der Waals surface area contributed by atoms with Gasteiger partial charge in [0.1, 0.15) is 0 Å². The number of hydrogen-bond acceptors (Lipinski definition) is 2. The van der Waals surface area contributed by atoms with Crippen molar-refractivity contribution in [2.45, 2.75) is 18.4 Å². The quantitative estimate of drug-likeness (QED) is 0.843. The predicted molar refractivity (Wildman–Crippen MR) is 55.0 cm³/mol. The van der Waals surface area contributed by atoms with Gasteiger partial charge in [-0.1, -0.05) is 29.8 Å². The van der Waals surface area contributed by atoms with Crippen LogP contribution in [0.3, 0.4) is 0 Å². The van der Waals surface area contributed by atoms with Gasteiger partial charge in [-0.2, -0.15) is 0 Å². The molecule has 2 nitrogen and oxygen atoms in total. The molecule has 0 aliphatic heterocycles. The maximum atomic E-state index is 13.4. The molecule has 15 heavy (non-hydrogen) atoms. The first-order valence-electron chi connectivity index (χ1n) is 4.38.